The Balaban J connectivity index is 1.23. The molecule has 1 fully saturated rings. The summed E-state index contributed by atoms with van der Waals surface area (Å²) in [6.07, 6.45) is 6.49. The highest BCUT2D eigenvalue weighted by molar-refractivity contribution is 5.92. The minimum absolute atomic E-state index is 0.0185. The standard InChI is InChI=1S/C19H23N5O3/c25-18-3-1-9-23(18)10-2-6-21-19(26)17-12-14-11-16(13-24(14)22-17)27-15-4-7-20-8-5-15/h4-5,7-8,12,16H,1-3,6,9-11,13H2,(H,21,26). The highest BCUT2D eigenvalue weighted by Gasteiger charge is 2.26. The van der Waals surface area contributed by atoms with Crippen molar-refractivity contribution in [1.82, 2.24) is 25.0 Å². The maximum atomic E-state index is 12.3. The predicted octanol–water partition coefficient (Wildman–Crippen LogP) is 1.02. The number of rotatable bonds is 7. The third-order valence-electron chi connectivity index (χ3n) is 4.92. The molecule has 1 saturated heterocycles. The van der Waals surface area contributed by atoms with Gasteiger partial charge in [0.25, 0.3) is 5.91 Å². The number of hydrogen-bond acceptors (Lipinski definition) is 5. The molecule has 4 heterocycles. The van der Waals surface area contributed by atoms with E-state index in [1.54, 1.807) is 12.4 Å². The Labute approximate surface area is 157 Å². The van der Waals surface area contributed by atoms with Gasteiger partial charge in [-0.1, -0.05) is 0 Å². The lowest BCUT2D eigenvalue weighted by molar-refractivity contribution is -0.127. The molecule has 0 aliphatic carbocycles. The van der Waals surface area contributed by atoms with Gasteiger partial charge in [0.2, 0.25) is 5.91 Å². The monoisotopic (exact) mass is 369 g/mol. The van der Waals surface area contributed by atoms with Crippen LogP contribution in [0.15, 0.2) is 30.6 Å². The second kappa shape index (κ2) is 7.77. The number of aromatic nitrogens is 3. The van der Waals surface area contributed by atoms with Gasteiger partial charge in [0.05, 0.1) is 6.54 Å². The second-order valence-corrected chi connectivity index (χ2v) is 6.92. The fraction of sp³-hybridized carbons (Fsp3) is 0.474. The second-order valence-electron chi connectivity index (χ2n) is 6.92. The summed E-state index contributed by atoms with van der Waals surface area (Å²) in [5.41, 5.74) is 1.44. The summed E-state index contributed by atoms with van der Waals surface area (Å²) in [4.78, 5) is 29.7. The Morgan fingerprint density at radius 3 is 2.93 bits per heavy atom. The fourth-order valence-electron chi connectivity index (χ4n) is 3.57. The van der Waals surface area contributed by atoms with Gasteiger partial charge < -0.3 is 15.0 Å². The Morgan fingerprint density at radius 1 is 1.33 bits per heavy atom. The van der Waals surface area contributed by atoms with Crippen molar-refractivity contribution in [2.45, 2.75) is 38.3 Å². The van der Waals surface area contributed by atoms with Crippen molar-refractivity contribution in [3.8, 4) is 5.75 Å². The molecule has 0 spiro atoms. The summed E-state index contributed by atoms with van der Waals surface area (Å²) < 4.78 is 7.76. The molecule has 27 heavy (non-hydrogen) atoms. The molecule has 2 aliphatic rings. The van der Waals surface area contributed by atoms with Gasteiger partial charge >= 0.3 is 0 Å². The third-order valence-corrected chi connectivity index (χ3v) is 4.92. The number of ether oxygens (including phenoxy) is 1. The molecule has 0 aromatic carbocycles. The molecule has 1 atom stereocenters. The number of hydrogen-bond donors (Lipinski definition) is 1. The minimum Gasteiger partial charge on any atom is -0.488 e. The summed E-state index contributed by atoms with van der Waals surface area (Å²) in [5.74, 6) is 0.835. The van der Waals surface area contributed by atoms with Crippen molar-refractivity contribution < 1.29 is 14.3 Å². The summed E-state index contributed by atoms with van der Waals surface area (Å²) in [6.45, 7) is 2.71. The molecule has 0 saturated carbocycles. The van der Waals surface area contributed by atoms with E-state index in [2.05, 4.69) is 15.4 Å². The SMILES string of the molecule is O=C(NCCCN1CCCC1=O)c1cc2n(n1)CC(Oc1ccncc1)C2. The Kier molecular flexibility index (Phi) is 5.04. The molecular weight excluding hydrogens is 346 g/mol. The maximum Gasteiger partial charge on any atom is 0.271 e. The Bertz CT molecular complexity index is 797. The largest absolute Gasteiger partial charge is 0.488 e. The van der Waals surface area contributed by atoms with Crippen LogP contribution in [0, 0.1) is 0 Å². The van der Waals surface area contributed by atoms with E-state index < -0.39 is 0 Å². The molecule has 2 amide bonds. The highest BCUT2D eigenvalue weighted by Crippen LogP contribution is 2.21. The molecule has 8 nitrogen and oxygen atoms in total. The van der Waals surface area contributed by atoms with Gasteiger partial charge in [-0.05, 0) is 31.0 Å². The first-order valence-electron chi connectivity index (χ1n) is 9.38. The summed E-state index contributed by atoms with van der Waals surface area (Å²) in [7, 11) is 0. The van der Waals surface area contributed by atoms with Crippen molar-refractivity contribution in [3.63, 3.8) is 0 Å². The van der Waals surface area contributed by atoms with E-state index in [1.165, 1.54) is 0 Å². The van der Waals surface area contributed by atoms with Crippen molar-refractivity contribution in [1.29, 1.82) is 0 Å². The smallest absolute Gasteiger partial charge is 0.271 e. The van der Waals surface area contributed by atoms with Gasteiger partial charge in [0, 0.05) is 50.6 Å². The van der Waals surface area contributed by atoms with Crippen molar-refractivity contribution in [2.75, 3.05) is 19.6 Å². The van der Waals surface area contributed by atoms with Crippen LogP contribution in [0.4, 0.5) is 0 Å². The molecular formula is C19H23N5O3. The van der Waals surface area contributed by atoms with E-state index in [-0.39, 0.29) is 17.9 Å². The van der Waals surface area contributed by atoms with Crippen molar-refractivity contribution in [2.24, 2.45) is 0 Å². The molecule has 0 radical (unpaired) electrons. The highest BCUT2D eigenvalue weighted by atomic mass is 16.5. The van der Waals surface area contributed by atoms with Crippen LogP contribution < -0.4 is 10.1 Å². The van der Waals surface area contributed by atoms with E-state index in [4.69, 9.17) is 4.74 Å². The summed E-state index contributed by atoms with van der Waals surface area (Å²) in [5, 5.41) is 7.29. The average Bonchev–Trinajstić information content (AvgIpc) is 3.34. The van der Waals surface area contributed by atoms with Crippen LogP contribution in [0.3, 0.4) is 0 Å². The zero-order chi connectivity index (χ0) is 18.6. The fourth-order valence-corrected chi connectivity index (χ4v) is 3.57. The van der Waals surface area contributed by atoms with E-state index >= 15 is 0 Å². The Morgan fingerprint density at radius 2 is 2.19 bits per heavy atom. The minimum atomic E-state index is -0.170. The first kappa shape index (κ1) is 17.5. The predicted molar refractivity (Wildman–Crippen MR) is 97.3 cm³/mol. The van der Waals surface area contributed by atoms with Crippen LogP contribution in [0.2, 0.25) is 0 Å². The molecule has 2 aromatic rings. The van der Waals surface area contributed by atoms with Gasteiger partial charge in [-0.25, -0.2) is 0 Å². The first-order valence-corrected chi connectivity index (χ1v) is 9.38. The molecule has 4 rings (SSSR count). The van der Waals surface area contributed by atoms with E-state index in [9.17, 15) is 9.59 Å². The molecule has 8 heteroatoms. The van der Waals surface area contributed by atoms with Crippen molar-refractivity contribution >= 4 is 11.8 Å². The van der Waals surface area contributed by atoms with Crippen molar-refractivity contribution in [3.05, 3.63) is 42.0 Å². The number of carbonyl (C=O) groups excluding carboxylic acids is 2. The number of nitrogens with one attached hydrogen (secondary N) is 1. The zero-order valence-electron chi connectivity index (χ0n) is 15.1. The molecule has 1 unspecified atom stereocenters. The van der Waals surface area contributed by atoms with Gasteiger partial charge in [-0.15, -0.1) is 0 Å². The van der Waals surface area contributed by atoms with Crippen LogP contribution in [0.1, 0.15) is 35.4 Å². The van der Waals surface area contributed by atoms with Crippen LogP contribution in [-0.2, 0) is 17.8 Å². The summed E-state index contributed by atoms with van der Waals surface area (Å²) >= 11 is 0. The van der Waals surface area contributed by atoms with E-state index in [0.717, 1.165) is 37.3 Å². The maximum absolute atomic E-state index is 12.3. The van der Waals surface area contributed by atoms with Gasteiger partial charge in [-0.2, -0.15) is 5.10 Å². The number of fused-ring (bicyclic) bond motifs is 1. The number of nitrogens with zero attached hydrogens (tertiary/aromatic N) is 4. The first-order chi connectivity index (χ1) is 13.2. The lowest BCUT2D eigenvalue weighted by Gasteiger charge is -2.15. The molecule has 2 aliphatic heterocycles. The summed E-state index contributed by atoms with van der Waals surface area (Å²) in [6, 6.07) is 5.49. The van der Waals surface area contributed by atoms with E-state index in [0.29, 0.717) is 31.7 Å². The topological polar surface area (TPSA) is 89.4 Å². The molecule has 2 aromatic heterocycles. The van der Waals surface area contributed by atoms with Crippen LogP contribution in [-0.4, -0.2) is 57.2 Å². The Hall–Kier alpha value is -2.90. The number of carbonyl (C=O) groups is 2. The zero-order valence-corrected chi connectivity index (χ0v) is 15.1. The van der Waals surface area contributed by atoms with E-state index in [1.807, 2.05) is 27.8 Å². The lowest BCUT2D eigenvalue weighted by Crippen LogP contribution is -2.31. The molecule has 0 bridgehead atoms. The number of likely N-dealkylation sites (tertiary alicyclic amines) is 1. The van der Waals surface area contributed by atoms with Crippen LogP contribution >= 0.6 is 0 Å². The average molecular weight is 369 g/mol. The van der Waals surface area contributed by atoms with Gasteiger partial charge in [0.15, 0.2) is 0 Å². The third kappa shape index (κ3) is 4.10. The van der Waals surface area contributed by atoms with Crippen LogP contribution in [0.25, 0.3) is 0 Å². The molecule has 1 N–H and O–H groups in total. The lowest BCUT2D eigenvalue weighted by atomic mass is 10.2. The number of amides is 2. The normalized spacial score (nSPS) is 18.6. The van der Waals surface area contributed by atoms with Gasteiger partial charge in [0.1, 0.15) is 17.5 Å². The van der Waals surface area contributed by atoms with Gasteiger partial charge in [-0.3, -0.25) is 19.3 Å². The quantitative estimate of drug-likeness (QED) is 0.736. The number of pyridine rings is 1. The van der Waals surface area contributed by atoms with Crippen LogP contribution in [0.5, 0.6) is 5.75 Å². The molecule has 142 valence electrons.